The van der Waals surface area contributed by atoms with Gasteiger partial charge in [0.05, 0.1) is 11.9 Å². The Morgan fingerprint density at radius 1 is 1.78 bits per heavy atom. The summed E-state index contributed by atoms with van der Waals surface area (Å²) in [4.78, 5) is 15.1. The molecule has 0 aromatic rings. The van der Waals surface area contributed by atoms with Crippen LogP contribution >= 0.6 is 11.8 Å². The number of aldehydes is 1. The summed E-state index contributed by atoms with van der Waals surface area (Å²) in [5, 5.41) is 0.0278. The average Bonchev–Trinajstić information content (AvgIpc) is 2.13. The molecule has 0 aromatic heterocycles. The Bertz CT molecular complexity index is 91.0. The predicted molar refractivity (Wildman–Crippen MR) is 36.3 cm³/mol. The Morgan fingerprint density at radius 3 is 3.44 bits per heavy atom. The third-order valence-corrected chi connectivity index (χ3v) is 2.15. The van der Waals surface area contributed by atoms with Crippen LogP contribution in [0.25, 0.3) is 0 Å². The number of rotatable bonds is 1. The van der Waals surface area contributed by atoms with Gasteiger partial charge in [-0.15, -0.1) is 11.8 Å². The van der Waals surface area contributed by atoms with Gasteiger partial charge in [-0.2, -0.15) is 0 Å². The number of hydrogen-bond acceptors (Lipinski definition) is 4. The molecule has 1 aliphatic rings. The summed E-state index contributed by atoms with van der Waals surface area (Å²) in [6, 6.07) is 0. The Labute approximate surface area is 58.1 Å². The van der Waals surface area contributed by atoms with Crippen LogP contribution in [0, 0.1) is 0 Å². The summed E-state index contributed by atoms with van der Waals surface area (Å²) in [5.74, 6) is 0.948. The maximum atomic E-state index is 10.2. The van der Waals surface area contributed by atoms with Crippen molar-refractivity contribution >= 4 is 18.0 Å². The molecule has 1 heterocycles. The zero-order valence-electron chi connectivity index (χ0n) is 5.00. The van der Waals surface area contributed by atoms with E-state index in [1.807, 2.05) is 0 Å². The molecule has 0 spiro atoms. The van der Waals surface area contributed by atoms with Crippen molar-refractivity contribution in [1.82, 2.24) is 5.48 Å². The van der Waals surface area contributed by atoms with Gasteiger partial charge >= 0.3 is 0 Å². The second kappa shape index (κ2) is 3.87. The number of carbonyl (C=O) groups excluding carboxylic acids is 1. The number of thioether (sulfide) groups is 1. The van der Waals surface area contributed by atoms with Gasteiger partial charge in [-0.1, -0.05) is 0 Å². The summed E-state index contributed by atoms with van der Waals surface area (Å²) < 4.78 is 0. The van der Waals surface area contributed by atoms with E-state index < -0.39 is 0 Å². The molecular formula is C5H9NO2S. The molecule has 1 saturated heterocycles. The third kappa shape index (κ3) is 2.34. The lowest BCUT2D eigenvalue weighted by atomic mass is 10.5. The number of hydrogen-bond donors (Lipinski definition) is 1. The SMILES string of the molecule is O=CC1CONCCS1. The molecule has 0 bridgehead atoms. The van der Waals surface area contributed by atoms with Crippen LogP contribution in [0.15, 0.2) is 0 Å². The molecular weight excluding hydrogens is 138 g/mol. The molecule has 1 aliphatic heterocycles. The van der Waals surface area contributed by atoms with E-state index in [2.05, 4.69) is 5.48 Å². The van der Waals surface area contributed by atoms with Gasteiger partial charge in [0, 0.05) is 12.3 Å². The lowest BCUT2D eigenvalue weighted by molar-refractivity contribution is -0.108. The highest BCUT2D eigenvalue weighted by Gasteiger charge is 2.10. The maximum absolute atomic E-state index is 10.2. The highest BCUT2D eigenvalue weighted by atomic mass is 32.2. The second-order valence-electron chi connectivity index (χ2n) is 1.75. The molecule has 1 unspecified atom stereocenters. The molecule has 3 nitrogen and oxygen atoms in total. The molecule has 0 aromatic carbocycles. The van der Waals surface area contributed by atoms with Crippen LogP contribution in [0.4, 0.5) is 0 Å². The predicted octanol–water partition coefficient (Wildman–Crippen LogP) is -0.178. The van der Waals surface area contributed by atoms with Crippen molar-refractivity contribution in [2.45, 2.75) is 5.25 Å². The van der Waals surface area contributed by atoms with Crippen molar-refractivity contribution < 1.29 is 9.63 Å². The van der Waals surface area contributed by atoms with Crippen LogP contribution in [0.2, 0.25) is 0 Å². The Kier molecular flexibility index (Phi) is 3.03. The van der Waals surface area contributed by atoms with E-state index in [-0.39, 0.29) is 5.25 Å². The summed E-state index contributed by atoms with van der Waals surface area (Å²) in [6.45, 7) is 1.32. The smallest absolute Gasteiger partial charge is 0.135 e. The Balaban J connectivity index is 2.26. The van der Waals surface area contributed by atoms with E-state index in [9.17, 15) is 4.79 Å². The highest BCUT2D eigenvalue weighted by Crippen LogP contribution is 2.09. The minimum atomic E-state index is 0.0278. The first-order chi connectivity index (χ1) is 4.43. The zero-order valence-corrected chi connectivity index (χ0v) is 5.82. The van der Waals surface area contributed by atoms with Crippen molar-refractivity contribution in [2.24, 2.45) is 0 Å². The van der Waals surface area contributed by atoms with Crippen LogP contribution in [-0.2, 0) is 9.63 Å². The van der Waals surface area contributed by atoms with E-state index in [0.29, 0.717) is 6.61 Å². The maximum Gasteiger partial charge on any atom is 0.135 e. The molecule has 1 atom stereocenters. The topological polar surface area (TPSA) is 38.3 Å². The van der Waals surface area contributed by atoms with Gasteiger partial charge in [0.15, 0.2) is 0 Å². The number of nitrogens with one attached hydrogen (secondary N) is 1. The van der Waals surface area contributed by atoms with Crippen LogP contribution in [-0.4, -0.2) is 30.4 Å². The summed E-state index contributed by atoms with van der Waals surface area (Å²) in [5.41, 5.74) is 2.73. The molecule has 9 heavy (non-hydrogen) atoms. The van der Waals surface area contributed by atoms with Gasteiger partial charge in [-0.25, -0.2) is 5.48 Å². The van der Waals surface area contributed by atoms with Crippen molar-refractivity contribution in [1.29, 1.82) is 0 Å². The minimum absolute atomic E-state index is 0.0278. The van der Waals surface area contributed by atoms with Gasteiger partial charge in [0.2, 0.25) is 0 Å². The standard InChI is InChI=1S/C5H9NO2S/c7-3-5-4-8-6-1-2-9-5/h3,5-6H,1-2,4H2. The number of carbonyl (C=O) groups is 1. The van der Waals surface area contributed by atoms with Crippen LogP contribution in [0.5, 0.6) is 0 Å². The Morgan fingerprint density at radius 2 is 2.67 bits per heavy atom. The number of hydroxylamine groups is 1. The van der Waals surface area contributed by atoms with E-state index in [0.717, 1.165) is 18.6 Å². The average molecular weight is 147 g/mol. The molecule has 4 heteroatoms. The van der Waals surface area contributed by atoms with Gasteiger partial charge in [-0.05, 0) is 0 Å². The van der Waals surface area contributed by atoms with Gasteiger partial charge in [0.1, 0.15) is 6.29 Å². The lowest BCUT2D eigenvalue weighted by Crippen LogP contribution is -2.18. The van der Waals surface area contributed by atoms with Gasteiger partial charge in [-0.3, -0.25) is 0 Å². The first-order valence-electron chi connectivity index (χ1n) is 2.85. The van der Waals surface area contributed by atoms with Crippen LogP contribution < -0.4 is 5.48 Å². The third-order valence-electron chi connectivity index (χ3n) is 1.04. The minimum Gasteiger partial charge on any atom is -0.302 e. The second-order valence-corrected chi connectivity index (χ2v) is 3.10. The fourth-order valence-corrected chi connectivity index (χ4v) is 1.34. The molecule has 52 valence electrons. The van der Waals surface area contributed by atoms with Crippen molar-refractivity contribution in [3.05, 3.63) is 0 Å². The fraction of sp³-hybridized carbons (Fsp3) is 0.800. The van der Waals surface area contributed by atoms with E-state index in [4.69, 9.17) is 4.84 Å². The Hall–Kier alpha value is -0.0600. The molecule has 1 N–H and O–H groups in total. The first kappa shape index (κ1) is 7.05. The molecule has 0 radical (unpaired) electrons. The van der Waals surface area contributed by atoms with Gasteiger partial charge < -0.3 is 9.63 Å². The summed E-state index contributed by atoms with van der Waals surface area (Å²) >= 11 is 1.63. The highest BCUT2D eigenvalue weighted by molar-refractivity contribution is 8.00. The molecule has 1 rings (SSSR count). The quantitative estimate of drug-likeness (QED) is 0.522. The van der Waals surface area contributed by atoms with Crippen LogP contribution in [0.3, 0.4) is 0 Å². The van der Waals surface area contributed by atoms with Crippen molar-refractivity contribution in [2.75, 3.05) is 18.9 Å². The molecule has 0 amide bonds. The van der Waals surface area contributed by atoms with Gasteiger partial charge in [0.25, 0.3) is 0 Å². The molecule has 0 aliphatic carbocycles. The van der Waals surface area contributed by atoms with E-state index >= 15 is 0 Å². The largest absolute Gasteiger partial charge is 0.302 e. The van der Waals surface area contributed by atoms with Crippen LogP contribution in [0.1, 0.15) is 0 Å². The first-order valence-corrected chi connectivity index (χ1v) is 3.90. The molecule has 1 fully saturated rings. The van der Waals surface area contributed by atoms with E-state index in [1.54, 1.807) is 11.8 Å². The van der Waals surface area contributed by atoms with E-state index in [1.165, 1.54) is 0 Å². The summed E-state index contributed by atoms with van der Waals surface area (Å²) in [7, 11) is 0. The van der Waals surface area contributed by atoms with Crippen molar-refractivity contribution in [3.63, 3.8) is 0 Å². The lowest BCUT2D eigenvalue weighted by Gasteiger charge is -2.01. The fourth-order valence-electron chi connectivity index (χ4n) is 0.592. The normalized spacial score (nSPS) is 29.1. The monoisotopic (exact) mass is 147 g/mol. The molecule has 0 saturated carbocycles. The van der Waals surface area contributed by atoms with Crippen molar-refractivity contribution in [3.8, 4) is 0 Å². The summed E-state index contributed by atoms with van der Waals surface area (Å²) in [6.07, 6.45) is 0.928. The zero-order chi connectivity index (χ0) is 6.53.